The van der Waals surface area contributed by atoms with Crippen molar-refractivity contribution < 1.29 is 71.4 Å². The van der Waals surface area contributed by atoms with E-state index in [2.05, 4.69) is 164 Å². The van der Waals surface area contributed by atoms with Gasteiger partial charge in [-0.3, -0.25) is 57.2 Å². The van der Waals surface area contributed by atoms with E-state index in [0.717, 1.165) is 36.0 Å². The van der Waals surface area contributed by atoms with E-state index < -0.39 is 70.5 Å². The molecule has 5 amide bonds. The SMILES string of the molecule is CC(=O)c1nn(CC(=O)N2C[C@H](F)C[C@H]2C(=O)N=c2cccc(Br)n2O)c2ccc(-c3cnc(C)[n+]([O-])c3)cc12.CC(=O)c1nn(CC(=O)N2C[C@H](F)C[C@H]2C(=O)Nc2cccc(Br)n2)c2ccc(-c3cnc(C)nc3)cc12.CC(=O)c1nn(CC(=O)O)c2ccc(-c3cnc(C)nc3)cc12.Cl.ClC(Cl)Cl.O=C(Nc1cccc(Br)n1)[C@@H]1C[C@@H](F)CN1.S.S=S.S=S=S. The second kappa shape index (κ2) is 49.1. The average molecular weight is 2140 g/mol. The molecule has 0 bridgehead atoms. The fourth-order valence-corrected chi connectivity index (χ4v) is 14.1. The number of carbonyl (C=O) groups is 9. The van der Waals surface area contributed by atoms with Crippen molar-refractivity contribution in [1.82, 2.24) is 84.1 Å². The molecule has 0 radical (unpaired) electrons. The molecule has 3 fully saturated rings. The fraction of sp³-hybridized carbons (Fsp3) is 0.278. The first-order chi connectivity index (χ1) is 60.0. The average Bonchev–Trinajstić information content (AvgIpc) is 1.63. The van der Waals surface area contributed by atoms with E-state index in [1.165, 1.54) is 58.0 Å². The minimum Gasteiger partial charge on any atom is -0.711 e. The summed E-state index contributed by atoms with van der Waals surface area (Å²) in [5, 5.41) is 53.7. The summed E-state index contributed by atoms with van der Waals surface area (Å²) in [6.07, 6.45) is 5.87. The topological polar surface area (TPSA) is 425 Å². The smallest absolute Gasteiger partial charge is 0.325 e. The summed E-state index contributed by atoms with van der Waals surface area (Å²) in [6.45, 7) is 8.15. The Bertz CT molecular complexity index is 6220. The molecule has 9 aromatic heterocycles. The molecule has 49 heteroatoms. The zero-order chi connectivity index (χ0) is 92.1. The van der Waals surface area contributed by atoms with E-state index in [0.29, 0.717) is 80.0 Å². The molecule has 3 saturated heterocycles. The van der Waals surface area contributed by atoms with Gasteiger partial charge >= 0.3 is 5.97 Å². The van der Waals surface area contributed by atoms with Crippen molar-refractivity contribution in [3.8, 4) is 33.4 Å². The van der Waals surface area contributed by atoms with Gasteiger partial charge < -0.3 is 41.3 Å². The standard InChI is InChI=1S/C26H23BrFN7O5.C26H23BrFN7O3.C16H14N4O3.C10H11BrFN3O.CHCl3.ClH.S3.S2.H2S/c1-14(36)25-19-8-16(17-10-29-15(2)34(39)11-17)6-7-20(19)33(31-25)13-24(37)32-12-18(28)9-21(32)26(38)30-23-5-3-4-22(27)35(23)40;1-14(36)25-19-8-16(17-10-29-15(2)30-11-17)6-7-20(19)35(33-25)13-24(37)34-12-18(28)9-21(34)26(38)32-23-5-3-4-22(27)31-23;1-9(21)16-13-5-11(12-6-17-10(2)18-7-12)3-4-14(13)20(19-16)8-15(22)23;11-8-2-1-3-9(14-8)15-10(16)7-4-6(12)5-13-7;2-1(3)4;;1-3-2;1-2;/h3-8,10-11,18,21,40H,9,12-13H2,1-2H3;3-8,10-11,18,21H,9,12-13H2,1-2H3,(H,31,32,38);3-7H,8H2,1-2H3,(H,22,23);1-3,6-7,13H,4-5H2,(H,14,15,16);1H;1H;;;1H2/t2*18-,21+;;6-,7+;;;;;/m11.1...../s1. The molecule has 3 aliphatic heterocycles. The number of carboxylic acids is 1. The van der Waals surface area contributed by atoms with Crippen molar-refractivity contribution in [3.63, 3.8) is 0 Å². The number of fused-ring (bicyclic) bond motifs is 3. The summed E-state index contributed by atoms with van der Waals surface area (Å²) < 4.78 is 47.8. The fourth-order valence-electron chi connectivity index (χ4n) is 13.1. The number of hydrogen-bond acceptors (Lipinski definition) is 26. The van der Waals surface area contributed by atoms with Crippen LogP contribution in [0.3, 0.4) is 0 Å². The lowest BCUT2D eigenvalue weighted by Crippen LogP contribution is -2.44. The van der Waals surface area contributed by atoms with Crippen LogP contribution in [-0.4, -0.2) is 202 Å². The molecule has 0 spiro atoms. The highest BCUT2D eigenvalue weighted by Crippen LogP contribution is 2.33. The number of Topliss-reactive ketones (excluding diaryl/α,β-unsaturated/α-hetero) is 3. The van der Waals surface area contributed by atoms with E-state index >= 15 is 0 Å². The number of amides is 5. The lowest BCUT2D eigenvalue weighted by Gasteiger charge is -2.23. The molecule has 15 rings (SSSR count). The maximum Gasteiger partial charge on any atom is 0.325 e. The molecule has 12 heterocycles. The molecule has 0 saturated carbocycles. The Morgan fingerprint density at radius 2 is 0.969 bits per heavy atom. The van der Waals surface area contributed by atoms with Gasteiger partial charge in [-0.25, -0.2) is 47.8 Å². The summed E-state index contributed by atoms with van der Waals surface area (Å²) in [7, 11) is 0.917. The van der Waals surface area contributed by atoms with Gasteiger partial charge in [-0.2, -0.15) is 38.5 Å². The van der Waals surface area contributed by atoms with Gasteiger partial charge in [0, 0.05) is 159 Å². The Kier molecular flexibility index (Phi) is 40.3. The Morgan fingerprint density at radius 3 is 1.37 bits per heavy atom. The van der Waals surface area contributed by atoms with Crippen molar-refractivity contribution in [2.75, 3.05) is 30.3 Å². The van der Waals surface area contributed by atoms with Crippen molar-refractivity contribution in [2.45, 2.75) is 121 Å². The normalized spacial score (nSPS) is 16.0. The number of aryl methyl sites for hydroxylation is 3. The number of carboxylic acid groups (broad SMARTS) is 1. The second-order valence-corrected chi connectivity index (χ2v) is 33.8. The van der Waals surface area contributed by atoms with Crippen molar-refractivity contribution in [2.24, 2.45) is 4.99 Å². The maximum absolute atomic E-state index is 14.4. The first kappa shape index (κ1) is 105. The summed E-state index contributed by atoms with van der Waals surface area (Å²) >= 11 is 39.6. The molecule has 33 nitrogen and oxygen atoms in total. The van der Waals surface area contributed by atoms with Crippen molar-refractivity contribution in [3.05, 3.63) is 205 Å². The van der Waals surface area contributed by atoms with Crippen LogP contribution in [0, 0.1) is 26.0 Å². The zero-order valence-electron chi connectivity index (χ0n) is 67.6. The number of alkyl halides is 6. The van der Waals surface area contributed by atoms with E-state index in [9.17, 15) is 66.7 Å². The van der Waals surface area contributed by atoms with Crippen molar-refractivity contribution >= 4 is 259 Å². The largest absolute Gasteiger partial charge is 0.711 e. The van der Waals surface area contributed by atoms with E-state index in [4.69, 9.17) is 39.9 Å². The number of nitrogens with zero attached hydrogens (tertiary/aromatic N) is 18. The molecule has 3 aliphatic rings. The quantitative estimate of drug-likeness (QED) is 0.0141. The van der Waals surface area contributed by atoms with Gasteiger partial charge in [-0.05, 0) is 151 Å². The predicted molar refractivity (Wildman–Crippen MR) is 503 cm³/mol. The minimum absolute atomic E-state index is 0. The number of ketones is 3. The summed E-state index contributed by atoms with van der Waals surface area (Å²) in [6, 6.07) is 28.0. The third kappa shape index (κ3) is 28.3. The van der Waals surface area contributed by atoms with Gasteiger partial charge in [-0.1, -0.05) is 76.2 Å². The molecule has 3 aromatic carbocycles. The molecule has 12 aromatic rings. The maximum atomic E-state index is 14.4. The number of aromatic nitrogens is 15. The number of aliphatic carboxylic acids is 1. The molecule has 6 atom stereocenters. The Morgan fingerprint density at radius 1 is 0.578 bits per heavy atom. The monoisotopic (exact) mass is 2140 g/mol. The highest BCUT2D eigenvalue weighted by molar-refractivity contribution is 9.11. The van der Waals surface area contributed by atoms with Crippen LogP contribution in [0.4, 0.5) is 24.8 Å². The van der Waals surface area contributed by atoms with E-state index in [-0.39, 0.29) is 147 Å². The molecule has 5 N–H and O–H groups in total. The van der Waals surface area contributed by atoms with Gasteiger partial charge in [0.05, 0.1) is 41.2 Å². The highest BCUT2D eigenvalue weighted by Gasteiger charge is 2.42. The number of pyridine rings is 3. The highest BCUT2D eigenvalue weighted by atomic mass is 79.9. The molecular weight excluding hydrogens is 2070 g/mol. The van der Waals surface area contributed by atoms with Crippen LogP contribution in [-0.2, 0) is 102 Å². The van der Waals surface area contributed by atoms with Crippen LogP contribution in [0.15, 0.2) is 165 Å². The molecule has 0 aliphatic carbocycles. The number of likely N-dealkylation sites (tertiary alicyclic amines) is 2. The number of rotatable bonds is 17. The lowest BCUT2D eigenvalue weighted by molar-refractivity contribution is -0.615. The number of carbonyl (C=O) groups excluding carboxylic acids is 8. The number of benzene rings is 3. The number of hydrogen-bond donors (Lipinski definition) is 5. The lowest BCUT2D eigenvalue weighted by atomic mass is 10.0. The third-order valence-electron chi connectivity index (χ3n) is 18.8. The zero-order valence-corrected chi connectivity index (χ0v) is 80.6. The summed E-state index contributed by atoms with van der Waals surface area (Å²) in [5.74, 6) is -2.09. The molecule has 674 valence electrons. The summed E-state index contributed by atoms with van der Waals surface area (Å²) in [4.78, 5) is 147. The van der Waals surface area contributed by atoms with Crippen LogP contribution in [0.5, 0.6) is 0 Å². The van der Waals surface area contributed by atoms with Crippen LogP contribution >= 0.6 is 108 Å². The predicted octanol–water partition coefficient (Wildman–Crippen LogP) is 11.9. The minimum atomic E-state index is -1.44. The second-order valence-electron chi connectivity index (χ2n) is 27.6. The molecule has 0 unspecified atom stereocenters. The van der Waals surface area contributed by atoms with Crippen molar-refractivity contribution in [1.29, 1.82) is 0 Å². The van der Waals surface area contributed by atoms with Crippen LogP contribution in [0.2, 0.25) is 0 Å². The molecule has 128 heavy (non-hydrogen) atoms. The molecular formula is C79H75Br3Cl4F3N21O12S6. The van der Waals surface area contributed by atoms with Gasteiger partial charge in [0.25, 0.3) is 11.7 Å². The van der Waals surface area contributed by atoms with E-state index in [1.54, 1.807) is 125 Å². The van der Waals surface area contributed by atoms with Gasteiger partial charge in [0.2, 0.25) is 23.6 Å². The number of halogens is 10. The number of anilines is 2. The van der Waals surface area contributed by atoms with Gasteiger partial charge in [0.15, 0.2) is 33.3 Å². The van der Waals surface area contributed by atoms with Crippen LogP contribution in [0.25, 0.3) is 66.1 Å². The van der Waals surface area contributed by atoms with Gasteiger partial charge in [-0.15, -0.1) is 12.4 Å². The third-order valence-corrected chi connectivity index (χ3v) is 20.3. The first-order valence-corrected chi connectivity index (χ1v) is 44.8. The Balaban J connectivity index is 0.000000235. The Labute approximate surface area is 803 Å². The van der Waals surface area contributed by atoms with Gasteiger partial charge in [0.1, 0.15) is 111 Å². The van der Waals surface area contributed by atoms with Crippen LogP contribution in [0.1, 0.15) is 89.0 Å². The summed E-state index contributed by atoms with van der Waals surface area (Å²) in [5.41, 5.74) is 6.53. The number of nitrogens with one attached hydrogen (secondary N) is 3. The first-order valence-electron chi connectivity index (χ1n) is 37.2. The van der Waals surface area contributed by atoms with E-state index in [1.807, 2.05) is 24.3 Å². The Hall–Kier alpha value is -10.0. The van der Waals surface area contributed by atoms with Crippen LogP contribution < -0.4 is 26.2 Å².